The standard InChI is InChI=1S/C20H31N7O/c1-3-4-13-27-20(24-25-26-27)19(23-18-8-6-5-7-17(18)21)15-9-11-16(12-10-15)22-14(2)28/h9-12,17-19,23H,3-8,13,21H2,1-2H3,(H,22,28). The lowest BCUT2D eigenvalue weighted by Crippen LogP contribution is -2.48. The van der Waals surface area contributed by atoms with Gasteiger partial charge in [-0.05, 0) is 47.4 Å². The van der Waals surface area contributed by atoms with E-state index in [0.717, 1.165) is 49.3 Å². The van der Waals surface area contributed by atoms with Gasteiger partial charge in [-0.2, -0.15) is 0 Å². The molecule has 1 fully saturated rings. The molecule has 0 saturated heterocycles. The number of nitrogens with zero attached hydrogens (tertiary/aromatic N) is 4. The molecule has 8 nitrogen and oxygen atoms in total. The van der Waals surface area contributed by atoms with Crippen molar-refractivity contribution in [1.82, 2.24) is 25.5 Å². The topological polar surface area (TPSA) is 111 Å². The first-order valence-electron chi connectivity index (χ1n) is 10.2. The maximum Gasteiger partial charge on any atom is 0.221 e. The number of aryl methyl sites for hydroxylation is 1. The Morgan fingerprint density at radius 2 is 2.04 bits per heavy atom. The largest absolute Gasteiger partial charge is 0.326 e. The number of benzene rings is 1. The van der Waals surface area contributed by atoms with Gasteiger partial charge in [-0.25, -0.2) is 4.68 Å². The first kappa shape index (κ1) is 20.4. The molecule has 0 aliphatic heterocycles. The lowest BCUT2D eigenvalue weighted by Gasteiger charge is -2.33. The van der Waals surface area contributed by atoms with Crippen molar-refractivity contribution in [2.45, 2.75) is 77.0 Å². The lowest BCUT2D eigenvalue weighted by atomic mass is 9.89. The molecule has 8 heteroatoms. The highest BCUT2D eigenvalue weighted by Gasteiger charge is 2.28. The SMILES string of the molecule is CCCCn1nnnc1C(NC1CCCCC1N)c1ccc(NC(C)=O)cc1. The number of hydrogen-bond acceptors (Lipinski definition) is 6. The smallest absolute Gasteiger partial charge is 0.221 e. The van der Waals surface area contributed by atoms with Crippen LogP contribution in [0.5, 0.6) is 0 Å². The van der Waals surface area contributed by atoms with E-state index >= 15 is 0 Å². The van der Waals surface area contributed by atoms with Crippen molar-refractivity contribution < 1.29 is 4.79 Å². The van der Waals surface area contributed by atoms with Gasteiger partial charge in [-0.1, -0.05) is 38.3 Å². The average Bonchev–Trinajstić information content (AvgIpc) is 3.14. The normalized spacial score (nSPS) is 20.7. The van der Waals surface area contributed by atoms with E-state index in [1.165, 1.54) is 19.8 Å². The van der Waals surface area contributed by atoms with E-state index in [0.29, 0.717) is 0 Å². The van der Waals surface area contributed by atoms with E-state index in [9.17, 15) is 4.79 Å². The molecule has 1 aliphatic carbocycles. The second kappa shape index (κ2) is 9.75. The number of tetrazole rings is 1. The van der Waals surface area contributed by atoms with Crippen LogP contribution in [-0.4, -0.2) is 38.2 Å². The Hall–Kier alpha value is -2.32. The summed E-state index contributed by atoms with van der Waals surface area (Å²) < 4.78 is 1.89. The summed E-state index contributed by atoms with van der Waals surface area (Å²) in [5.74, 6) is 0.720. The van der Waals surface area contributed by atoms with Crippen LogP contribution in [0.4, 0.5) is 5.69 Å². The van der Waals surface area contributed by atoms with E-state index in [2.05, 4.69) is 33.1 Å². The number of nitrogens with one attached hydrogen (secondary N) is 2. The van der Waals surface area contributed by atoms with Gasteiger partial charge < -0.3 is 11.1 Å². The second-order valence-electron chi connectivity index (χ2n) is 7.57. The molecule has 1 amide bonds. The number of aromatic nitrogens is 4. The zero-order valence-electron chi connectivity index (χ0n) is 16.8. The first-order valence-corrected chi connectivity index (χ1v) is 10.2. The summed E-state index contributed by atoms with van der Waals surface area (Å²) in [7, 11) is 0. The van der Waals surface area contributed by atoms with Gasteiger partial charge in [0.1, 0.15) is 0 Å². The molecule has 1 aromatic heterocycles. The maximum absolute atomic E-state index is 11.3. The molecule has 152 valence electrons. The second-order valence-corrected chi connectivity index (χ2v) is 7.57. The Kier molecular flexibility index (Phi) is 7.11. The van der Waals surface area contributed by atoms with E-state index < -0.39 is 0 Å². The Labute approximate surface area is 166 Å². The predicted octanol–water partition coefficient (Wildman–Crippen LogP) is 2.38. The third-order valence-electron chi connectivity index (χ3n) is 5.31. The summed E-state index contributed by atoms with van der Waals surface area (Å²) in [4.78, 5) is 11.3. The fourth-order valence-corrected chi connectivity index (χ4v) is 3.75. The highest BCUT2D eigenvalue weighted by Crippen LogP contribution is 2.26. The lowest BCUT2D eigenvalue weighted by molar-refractivity contribution is -0.114. The number of carbonyl (C=O) groups excluding carboxylic acids is 1. The summed E-state index contributed by atoms with van der Waals surface area (Å²) in [5.41, 5.74) is 8.22. The Morgan fingerprint density at radius 1 is 1.29 bits per heavy atom. The minimum Gasteiger partial charge on any atom is -0.326 e. The van der Waals surface area contributed by atoms with Crippen LogP contribution in [0.2, 0.25) is 0 Å². The van der Waals surface area contributed by atoms with Crippen molar-refractivity contribution >= 4 is 11.6 Å². The molecule has 3 atom stereocenters. The van der Waals surface area contributed by atoms with Crippen molar-refractivity contribution in [2.75, 3.05) is 5.32 Å². The van der Waals surface area contributed by atoms with Gasteiger partial charge >= 0.3 is 0 Å². The van der Waals surface area contributed by atoms with Crippen molar-refractivity contribution in [2.24, 2.45) is 5.73 Å². The number of unbranched alkanes of at least 4 members (excludes halogenated alkanes) is 1. The number of anilines is 1. The molecule has 0 spiro atoms. The van der Waals surface area contributed by atoms with Crippen molar-refractivity contribution in [1.29, 1.82) is 0 Å². The molecular weight excluding hydrogens is 354 g/mol. The average molecular weight is 386 g/mol. The summed E-state index contributed by atoms with van der Waals surface area (Å²) in [6.45, 7) is 4.45. The first-order chi connectivity index (χ1) is 13.6. The molecule has 2 aromatic rings. The fraction of sp³-hybridized carbons (Fsp3) is 0.600. The minimum absolute atomic E-state index is 0.0842. The molecule has 1 aliphatic rings. The van der Waals surface area contributed by atoms with Crippen LogP contribution in [-0.2, 0) is 11.3 Å². The number of rotatable bonds is 8. The zero-order valence-corrected chi connectivity index (χ0v) is 16.8. The molecule has 0 radical (unpaired) electrons. The third-order valence-corrected chi connectivity index (χ3v) is 5.31. The van der Waals surface area contributed by atoms with Crippen LogP contribution in [0.15, 0.2) is 24.3 Å². The highest BCUT2D eigenvalue weighted by molar-refractivity contribution is 5.88. The van der Waals surface area contributed by atoms with Gasteiger partial charge in [0.2, 0.25) is 5.91 Å². The Morgan fingerprint density at radius 3 is 2.71 bits per heavy atom. The molecule has 1 aromatic carbocycles. The van der Waals surface area contributed by atoms with Crippen LogP contribution in [0, 0.1) is 0 Å². The molecule has 28 heavy (non-hydrogen) atoms. The van der Waals surface area contributed by atoms with Gasteiger partial charge in [0.15, 0.2) is 5.82 Å². The zero-order chi connectivity index (χ0) is 19.9. The summed E-state index contributed by atoms with van der Waals surface area (Å²) in [6.07, 6.45) is 6.56. The van der Waals surface area contributed by atoms with Crippen LogP contribution < -0.4 is 16.4 Å². The molecule has 3 unspecified atom stereocenters. The predicted molar refractivity (Wildman–Crippen MR) is 109 cm³/mol. The molecule has 0 bridgehead atoms. The van der Waals surface area contributed by atoms with Gasteiger partial charge in [0.25, 0.3) is 0 Å². The van der Waals surface area contributed by atoms with Gasteiger partial charge in [-0.3, -0.25) is 10.1 Å². The van der Waals surface area contributed by atoms with E-state index in [4.69, 9.17) is 5.73 Å². The van der Waals surface area contributed by atoms with Gasteiger partial charge in [0.05, 0.1) is 6.04 Å². The number of hydrogen-bond donors (Lipinski definition) is 3. The minimum atomic E-state index is -0.146. The van der Waals surface area contributed by atoms with E-state index in [1.807, 2.05) is 28.9 Å². The van der Waals surface area contributed by atoms with E-state index in [1.54, 1.807) is 0 Å². The monoisotopic (exact) mass is 385 g/mol. The third kappa shape index (κ3) is 5.14. The molecule has 1 heterocycles. The Balaban J connectivity index is 1.88. The molecule has 4 N–H and O–H groups in total. The summed E-state index contributed by atoms with van der Waals surface area (Å²) >= 11 is 0. The van der Waals surface area contributed by atoms with Crippen LogP contribution >= 0.6 is 0 Å². The van der Waals surface area contributed by atoms with Crippen LogP contribution in [0.1, 0.15) is 69.8 Å². The maximum atomic E-state index is 11.3. The van der Waals surface area contributed by atoms with Crippen LogP contribution in [0.25, 0.3) is 0 Å². The van der Waals surface area contributed by atoms with Gasteiger partial charge in [0, 0.05) is 31.2 Å². The molecule has 3 rings (SSSR count). The highest BCUT2D eigenvalue weighted by atomic mass is 16.1. The molecular formula is C20H31N7O. The summed E-state index contributed by atoms with van der Waals surface area (Å²) in [6, 6.07) is 8.05. The fourth-order valence-electron chi connectivity index (χ4n) is 3.75. The van der Waals surface area contributed by atoms with Crippen molar-refractivity contribution in [3.63, 3.8) is 0 Å². The summed E-state index contributed by atoms with van der Waals surface area (Å²) in [5, 5.41) is 19.0. The van der Waals surface area contributed by atoms with Crippen molar-refractivity contribution in [3.05, 3.63) is 35.7 Å². The number of nitrogens with two attached hydrogens (primary N) is 1. The Bertz CT molecular complexity index is 758. The number of carbonyl (C=O) groups is 1. The van der Waals surface area contributed by atoms with Gasteiger partial charge in [-0.15, -0.1) is 5.10 Å². The number of amides is 1. The quantitative estimate of drug-likeness (QED) is 0.643. The van der Waals surface area contributed by atoms with Crippen molar-refractivity contribution in [3.8, 4) is 0 Å². The molecule has 1 saturated carbocycles. The van der Waals surface area contributed by atoms with E-state index in [-0.39, 0.29) is 24.0 Å². The van der Waals surface area contributed by atoms with Crippen LogP contribution in [0.3, 0.4) is 0 Å².